The highest BCUT2D eigenvalue weighted by atomic mass is 15.0. The summed E-state index contributed by atoms with van der Waals surface area (Å²) in [5.74, 6) is 0.186. The number of hydrogen-bond acceptors (Lipinski definition) is 4. The molecule has 0 aliphatic rings. The van der Waals surface area contributed by atoms with Crippen molar-refractivity contribution >= 4 is 23.2 Å². The van der Waals surface area contributed by atoms with Crippen molar-refractivity contribution in [1.82, 2.24) is 4.90 Å². The van der Waals surface area contributed by atoms with E-state index in [1.165, 1.54) is 5.56 Å². The standard InChI is InChI=1S/C26H32N4/c1-7-19(18(3)21-12-10-9-11-13-21)14-22-15-23(24(27)16-25(22)29-4)26(28)20(8-2)17-30(5)6/h7-18,28-29H,1-2,27H2,3-6H3/b19-14+,20-17+,28-26?. The molecule has 0 aromatic heterocycles. The third-order valence-corrected chi connectivity index (χ3v) is 5.02. The molecular formula is C26H32N4. The van der Waals surface area contributed by atoms with Gasteiger partial charge in [-0.3, -0.25) is 5.41 Å². The van der Waals surface area contributed by atoms with Gasteiger partial charge < -0.3 is 16.0 Å². The summed E-state index contributed by atoms with van der Waals surface area (Å²) in [5, 5.41) is 11.9. The van der Waals surface area contributed by atoms with E-state index >= 15 is 0 Å². The number of rotatable bonds is 9. The van der Waals surface area contributed by atoms with Crippen molar-refractivity contribution in [2.75, 3.05) is 32.2 Å². The largest absolute Gasteiger partial charge is 0.398 e. The number of nitrogens with one attached hydrogen (secondary N) is 2. The van der Waals surface area contributed by atoms with Crippen molar-refractivity contribution in [2.45, 2.75) is 12.8 Å². The first kappa shape index (κ1) is 22.8. The van der Waals surface area contributed by atoms with Crippen LogP contribution in [0.25, 0.3) is 6.08 Å². The summed E-state index contributed by atoms with van der Waals surface area (Å²) in [5.41, 5.74) is 12.7. The maximum absolute atomic E-state index is 8.68. The van der Waals surface area contributed by atoms with Crippen LogP contribution in [0.15, 0.2) is 85.1 Å². The fourth-order valence-corrected chi connectivity index (χ4v) is 3.31. The van der Waals surface area contributed by atoms with E-state index < -0.39 is 0 Å². The molecule has 0 saturated carbocycles. The fourth-order valence-electron chi connectivity index (χ4n) is 3.31. The van der Waals surface area contributed by atoms with Gasteiger partial charge in [-0.25, -0.2) is 0 Å². The first-order chi connectivity index (χ1) is 14.3. The summed E-state index contributed by atoms with van der Waals surface area (Å²) in [6.45, 7) is 10.0. The van der Waals surface area contributed by atoms with Crippen LogP contribution in [-0.2, 0) is 0 Å². The number of nitrogen functional groups attached to an aromatic ring is 1. The summed E-state index contributed by atoms with van der Waals surface area (Å²) >= 11 is 0. The van der Waals surface area contributed by atoms with Crippen LogP contribution in [-0.4, -0.2) is 31.8 Å². The number of benzene rings is 2. The average Bonchev–Trinajstić information content (AvgIpc) is 2.75. The molecule has 2 rings (SSSR count). The van der Waals surface area contributed by atoms with Gasteiger partial charge >= 0.3 is 0 Å². The Bertz CT molecular complexity index is 982. The summed E-state index contributed by atoms with van der Waals surface area (Å²) in [6.07, 6.45) is 7.54. The maximum Gasteiger partial charge on any atom is 0.0719 e. The van der Waals surface area contributed by atoms with Crippen LogP contribution in [0.3, 0.4) is 0 Å². The Labute approximate surface area is 180 Å². The summed E-state index contributed by atoms with van der Waals surface area (Å²) < 4.78 is 0. The molecule has 0 fully saturated rings. The lowest BCUT2D eigenvalue weighted by molar-refractivity contribution is 0.562. The minimum Gasteiger partial charge on any atom is -0.398 e. The Morgan fingerprint density at radius 1 is 1.13 bits per heavy atom. The predicted molar refractivity (Wildman–Crippen MR) is 132 cm³/mol. The van der Waals surface area contributed by atoms with Gasteiger partial charge in [0, 0.05) is 55.8 Å². The molecule has 4 N–H and O–H groups in total. The van der Waals surface area contributed by atoms with Crippen LogP contribution in [0.1, 0.15) is 29.5 Å². The van der Waals surface area contributed by atoms with Crippen molar-refractivity contribution in [3.8, 4) is 0 Å². The van der Waals surface area contributed by atoms with Gasteiger partial charge in [-0.2, -0.15) is 0 Å². The number of allylic oxidation sites excluding steroid dienone is 4. The van der Waals surface area contributed by atoms with Crippen molar-refractivity contribution in [2.24, 2.45) is 0 Å². The van der Waals surface area contributed by atoms with Crippen LogP contribution < -0.4 is 11.1 Å². The molecule has 0 aliphatic carbocycles. The van der Waals surface area contributed by atoms with E-state index in [0.717, 1.165) is 16.8 Å². The minimum atomic E-state index is 0.186. The average molecular weight is 401 g/mol. The van der Waals surface area contributed by atoms with Gasteiger partial charge in [0.25, 0.3) is 0 Å². The SMILES string of the molecule is C=C/C(=C\N(C)C)C(=N)c1cc(/C=C(\C=C)C(C)c2ccccc2)c(NC)cc1N. The van der Waals surface area contributed by atoms with Crippen LogP contribution >= 0.6 is 0 Å². The van der Waals surface area contributed by atoms with Crippen LogP contribution in [0, 0.1) is 5.41 Å². The molecule has 0 saturated heterocycles. The fraction of sp³-hybridized carbons (Fsp3) is 0.192. The molecule has 30 heavy (non-hydrogen) atoms. The third-order valence-electron chi connectivity index (χ3n) is 5.02. The predicted octanol–water partition coefficient (Wildman–Crippen LogP) is 5.68. The molecule has 0 aliphatic heterocycles. The zero-order chi connectivity index (χ0) is 22.3. The topological polar surface area (TPSA) is 65.1 Å². The van der Waals surface area contributed by atoms with E-state index in [1.807, 2.05) is 68.7 Å². The molecule has 1 atom stereocenters. The number of nitrogens with two attached hydrogens (primary N) is 1. The molecule has 2 aromatic rings. The summed E-state index contributed by atoms with van der Waals surface area (Å²) in [6, 6.07) is 14.2. The number of anilines is 2. The zero-order valence-corrected chi connectivity index (χ0v) is 18.4. The van der Waals surface area contributed by atoms with E-state index in [1.54, 1.807) is 6.08 Å². The number of nitrogens with zero attached hydrogens (tertiary/aromatic N) is 1. The lowest BCUT2D eigenvalue weighted by Crippen LogP contribution is -2.11. The van der Waals surface area contributed by atoms with E-state index in [-0.39, 0.29) is 5.92 Å². The van der Waals surface area contributed by atoms with Gasteiger partial charge in [0.2, 0.25) is 0 Å². The molecule has 4 heteroatoms. The monoisotopic (exact) mass is 400 g/mol. The van der Waals surface area contributed by atoms with E-state index in [0.29, 0.717) is 22.5 Å². The smallest absolute Gasteiger partial charge is 0.0719 e. The van der Waals surface area contributed by atoms with E-state index in [4.69, 9.17) is 11.1 Å². The number of hydrogen-bond donors (Lipinski definition) is 3. The second-order valence-corrected chi connectivity index (χ2v) is 7.38. The maximum atomic E-state index is 8.68. The molecule has 156 valence electrons. The molecule has 2 aromatic carbocycles. The first-order valence-corrected chi connectivity index (χ1v) is 9.92. The van der Waals surface area contributed by atoms with Crippen LogP contribution in [0.4, 0.5) is 11.4 Å². The Morgan fingerprint density at radius 2 is 1.80 bits per heavy atom. The minimum absolute atomic E-state index is 0.186. The molecular weight excluding hydrogens is 368 g/mol. The first-order valence-electron chi connectivity index (χ1n) is 9.92. The Morgan fingerprint density at radius 3 is 2.33 bits per heavy atom. The molecule has 4 nitrogen and oxygen atoms in total. The van der Waals surface area contributed by atoms with Crippen LogP contribution in [0.5, 0.6) is 0 Å². The van der Waals surface area contributed by atoms with Crippen molar-refractivity contribution < 1.29 is 0 Å². The summed E-state index contributed by atoms with van der Waals surface area (Å²) in [4.78, 5) is 1.89. The van der Waals surface area contributed by atoms with Gasteiger partial charge in [0.15, 0.2) is 0 Å². The van der Waals surface area contributed by atoms with Crippen molar-refractivity contribution in [1.29, 1.82) is 5.41 Å². The molecule has 0 bridgehead atoms. The summed E-state index contributed by atoms with van der Waals surface area (Å²) in [7, 11) is 5.70. The zero-order valence-electron chi connectivity index (χ0n) is 18.4. The highest BCUT2D eigenvalue weighted by Gasteiger charge is 2.15. The Kier molecular flexibility index (Phi) is 7.82. The van der Waals surface area contributed by atoms with Gasteiger partial charge in [-0.15, -0.1) is 0 Å². The quantitative estimate of drug-likeness (QED) is 0.288. The van der Waals surface area contributed by atoms with E-state index in [9.17, 15) is 0 Å². The lowest BCUT2D eigenvalue weighted by Gasteiger charge is -2.17. The molecule has 0 spiro atoms. The highest BCUT2D eigenvalue weighted by molar-refractivity contribution is 6.15. The van der Waals surface area contributed by atoms with Crippen molar-refractivity contribution in [3.05, 3.63) is 102 Å². The van der Waals surface area contributed by atoms with Gasteiger partial charge in [0.05, 0.1) is 5.71 Å². The second kappa shape index (κ2) is 10.3. The highest BCUT2D eigenvalue weighted by Crippen LogP contribution is 2.31. The van der Waals surface area contributed by atoms with Gasteiger partial charge in [-0.1, -0.05) is 62.6 Å². The van der Waals surface area contributed by atoms with Crippen LogP contribution in [0.2, 0.25) is 0 Å². The molecule has 0 heterocycles. The van der Waals surface area contributed by atoms with Crippen molar-refractivity contribution in [3.63, 3.8) is 0 Å². The van der Waals surface area contributed by atoms with Gasteiger partial charge in [0.1, 0.15) is 0 Å². The Balaban J connectivity index is 2.57. The third kappa shape index (κ3) is 5.29. The Hall–Kier alpha value is -3.53. The normalized spacial score (nSPS) is 12.8. The lowest BCUT2D eigenvalue weighted by atomic mass is 9.90. The molecule has 0 amide bonds. The van der Waals surface area contributed by atoms with E-state index in [2.05, 4.69) is 43.6 Å². The molecule has 1 unspecified atom stereocenters. The second-order valence-electron chi connectivity index (χ2n) is 7.38. The molecule has 0 radical (unpaired) electrons. The van der Waals surface area contributed by atoms with Gasteiger partial charge in [-0.05, 0) is 34.9 Å².